The predicted molar refractivity (Wildman–Crippen MR) is 81.9 cm³/mol. The average molecular weight is 303 g/mol. The number of carbonyl (C=O) groups is 1. The Bertz CT molecular complexity index is 668. The van der Waals surface area contributed by atoms with Gasteiger partial charge in [-0.25, -0.2) is 4.39 Å². The molecule has 0 radical (unpaired) electrons. The van der Waals surface area contributed by atoms with Gasteiger partial charge in [0, 0.05) is 6.54 Å². The first kappa shape index (κ1) is 15.8. The van der Waals surface area contributed by atoms with Crippen molar-refractivity contribution in [3.05, 3.63) is 58.9 Å². The third kappa shape index (κ3) is 3.55. The Labute approximate surface area is 128 Å². The van der Waals surface area contributed by atoms with Crippen molar-refractivity contribution < 1.29 is 18.7 Å². The smallest absolute Gasteiger partial charge is 0.255 e. The highest BCUT2D eigenvalue weighted by Crippen LogP contribution is 2.28. The summed E-state index contributed by atoms with van der Waals surface area (Å²) in [6.45, 7) is 2.18. The van der Waals surface area contributed by atoms with Crippen molar-refractivity contribution >= 4 is 5.91 Å². The van der Waals surface area contributed by atoms with E-state index >= 15 is 0 Å². The van der Waals surface area contributed by atoms with Gasteiger partial charge in [-0.1, -0.05) is 12.1 Å². The Morgan fingerprint density at radius 2 is 1.73 bits per heavy atom. The van der Waals surface area contributed by atoms with Gasteiger partial charge in [-0.3, -0.25) is 4.79 Å². The standard InChI is InChI=1S/C17H18FNO3/c1-11-8-16(22-3)14(9-15(11)21-2)17(20)19-10-12-4-6-13(18)7-5-12/h4-9H,10H2,1-3H3,(H,19,20). The topological polar surface area (TPSA) is 47.6 Å². The minimum Gasteiger partial charge on any atom is -0.496 e. The van der Waals surface area contributed by atoms with Crippen LogP contribution in [0.3, 0.4) is 0 Å². The van der Waals surface area contributed by atoms with Crippen molar-refractivity contribution in [3.8, 4) is 11.5 Å². The third-order valence-corrected chi connectivity index (χ3v) is 3.33. The fraction of sp³-hybridized carbons (Fsp3) is 0.235. The number of hydrogen-bond acceptors (Lipinski definition) is 3. The molecule has 1 amide bonds. The van der Waals surface area contributed by atoms with Crippen LogP contribution in [-0.4, -0.2) is 20.1 Å². The molecule has 0 saturated carbocycles. The number of ether oxygens (including phenoxy) is 2. The maximum absolute atomic E-state index is 12.9. The normalized spacial score (nSPS) is 10.2. The average Bonchev–Trinajstić information content (AvgIpc) is 2.53. The van der Waals surface area contributed by atoms with Crippen molar-refractivity contribution in [2.45, 2.75) is 13.5 Å². The van der Waals surface area contributed by atoms with E-state index in [9.17, 15) is 9.18 Å². The molecule has 22 heavy (non-hydrogen) atoms. The second kappa shape index (κ2) is 6.93. The number of hydrogen-bond donors (Lipinski definition) is 1. The van der Waals surface area contributed by atoms with Crippen LogP contribution in [0.5, 0.6) is 11.5 Å². The molecular formula is C17H18FNO3. The zero-order chi connectivity index (χ0) is 16.1. The molecule has 116 valence electrons. The van der Waals surface area contributed by atoms with Crippen LogP contribution in [0.4, 0.5) is 4.39 Å². The number of aryl methyl sites for hydroxylation is 1. The Kier molecular flexibility index (Phi) is 4.99. The molecule has 0 aliphatic rings. The molecule has 0 heterocycles. The van der Waals surface area contributed by atoms with Gasteiger partial charge in [0.25, 0.3) is 5.91 Å². The molecule has 0 unspecified atom stereocenters. The van der Waals surface area contributed by atoms with E-state index in [1.165, 1.54) is 19.2 Å². The molecule has 0 spiro atoms. The van der Waals surface area contributed by atoms with E-state index in [2.05, 4.69) is 5.32 Å². The van der Waals surface area contributed by atoms with Crippen molar-refractivity contribution in [2.24, 2.45) is 0 Å². The lowest BCUT2D eigenvalue weighted by molar-refractivity contribution is 0.0947. The van der Waals surface area contributed by atoms with E-state index in [4.69, 9.17) is 9.47 Å². The van der Waals surface area contributed by atoms with Gasteiger partial charge in [0.1, 0.15) is 17.3 Å². The minimum atomic E-state index is -0.306. The summed E-state index contributed by atoms with van der Waals surface area (Å²) in [5.41, 5.74) is 2.09. The highest BCUT2D eigenvalue weighted by Gasteiger charge is 2.15. The highest BCUT2D eigenvalue weighted by atomic mass is 19.1. The summed E-state index contributed by atoms with van der Waals surface area (Å²) in [6.07, 6.45) is 0. The van der Waals surface area contributed by atoms with Crippen LogP contribution in [0.25, 0.3) is 0 Å². The molecule has 0 saturated heterocycles. The molecule has 2 aromatic rings. The largest absolute Gasteiger partial charge is 0.496 e. The van der Waals surface area contributed by atoms with Crippen LogP contribution in [0.1, 0.15) is 21.5 Å². The van der Waals surface area contributed by atoms with Crippen molar-refractivity contribution in [2.75, 3.05) is 14.2 Å². The Hall–Kier alpha value is -2.56. The number of benzene rings is 2. The third-order valence-electron chi connectivity index (χ3n) is 3.33. The molecule has 2 rings (SSSR count). The maximum atomic E-state index is 12.9. The molecule has 0 atom stereocenters. The molecule has 5 heteroatoms. The fourth-order valence-electron chi connectivity index (χ4n) is 2.11. The second-order valence-corrected chi connectivity index (χ2v) is 4.83. The van der Waals surface area contributed by atoms with Crippen LogP contribution < -0.4 is 14.8 Å². The van der Waals surface area contributed by atoms with E-state index in [-0.39, 0.29) is 11.7 Å². The lowest BCUT2D eigenvalue weighted by atomic mass is 10.1. The van der Waals surface area contributed by atoms with Gasteiger partial charge < -0.3 is 14.8 Å². The summed E-state index contributed by atoms with van der Waals surface area (Å²) in [5.74, 6) is 0.516. The molecule has 2 aromatic carbocycles. The lowest BCUT2D eigenvalue weighted by Crippen LogP contribution is -2.23. The summed E-state index contributed by atoms with van der Waals surface area (Å²) < 4.78 is 23.3. The zero-order valence-electron chi connectivity index (χ0n) is 12.8. The zero-order valence-corrected chi connectivity index (χ0v) is 12.8. The molecular weight excluding hydrogens is 285 g/mol. The number of carbonyl (C=O) groups excluding carboxylic acids is 1. The number of amides is 1. The summed E-state index contributed by atoms with van der Waals surface area (Å²) in [6, 6.07) is 9.37. The predicted octanol–water partition coefficient (Wildman–Crippen LogP) is 3.08. The van der Waals surface area contributed by atoms with E-state index in [0.717, 1.165) is 11.1 Å². The minimum absolute atomic E-state index is 0.278. The first-order valence-corrected chi connectivity index (χ1v) is 6.80. The SMILES string of the molecule is COc1cc(C(=O)NCc2ccc(F)cc2)c(OC)cc1C. The van der Waals surface area contributed by atoms with Crippen molar-refractivity contribution in [3.63, 3.8) is 0 Å². The van der Waals surface area contributed by atoms with Crippen LogP contribution >= 0.6 is 0 Å². The number of methoxy groups -OCH3 is 2. The number of nitrogens with one attached hydrogen (secondary N) is 1. The van der Waals surface area contributed by atoms with Crippen LogP contribution in [0.2, 0.25) is 0 Å². The van der Waals surface area contributed by atoms with E-state index in [1.807, 2.05) is 6.92 Å². The summed E-state index contributed by atoms with van der Waals surface area (Å²) in [4.78, 5) is 12.3. The molecule has 0 aromatic heterocycles. The van der Waals surface area contributed by atoms with Crippen molar-refractivity contribution in [1.82, 2.24) is 5.32 Å². The van der Waals surface area contributed by atoms with E-state index < -0.39 is 0 Å². The van der Waals surface area contributed by atoms with Gasteiger partial charge in [-0.2, -0.15) is 0 Å². The Morgan fingerprint density at radius 3 is 2.32 bits per heavy atom. The quantitative estimate of drug-likeness (QED) is 0.923. The first-order chi connectivity index (χ1) is 10.5. The Balaban J connectivity index is 2.16. The second-order valence-electron chi connectivity index (χ2n) is 4.83. The molecule has 0 bridgehead atoms. The van der Waals surface area contributed by atoms with Gasteiger partial charge in [0.15, 0.2) is 0 Å². The lowest BCUT2D eigenvalue weighted by Gasteiger charge is -2.13. The van der Waals surface area contributed by atoms with Crippen LogP contribution in [0, 0.1) is 12.7 Å². The first-order valence-electron chi connectivity index (χ1n) is 6.80. The van der Waals surface area contributed by atoms with Gasteiger partial charge in [0.05, 0.1) is 19.8 Å². The molecule has 0 fully saturated rings. The molecule has 0 aliphatic heterocycles. The molecule has 0 aliphatic carbocycles. The van der Waals surface area contributed by atoms with Crippen molar-refractivity contribution in [1.29, 1.82) is 0 Å². The van der Waals surface area contributed by atoms with Gasteiger partial charge in [0.2, 0.25) is 0 Å². The molecule has 4 nitrogen and oxygen atoms in total. The van der Waals surface area contributed by atoms with E-state index in [0.29, 0.717) is 23.6 Å². The Morgan fingerprint density at radius 1 is 1.09 bits per heavy atom. The highest BCUT2D eigenvalue weighted by molar-refractivity contribution is 5.97. The van der Waals surface area contributed by atoms with Gasteiger partial charge in [-0.15, -0.1) is 0 Å². The van der Waals surface area contributed by atoms with Gasteiger partial charge >= 0.3 is 0 Å². The van der Waals surface area contributed by atoms with Crippen LogP contribution in [0.15, 0.2) is 36.4 Å². The summed E-state index contributed by atoms with van der Waals surface area (Å²) in [5, 5.41) is 2.78. The molecule has 1 N–H and O–H groups in total. The fourth-order valence-corrected chi connectivity index (χ4v) is 2.11. The monoisotopic (exact) mass is 303 g/mol. The maximum Gasteiger partial charge on any atom is 0.255 e. The van der Waals surface area contributed by atoms with Gasteiger partial charge in [-0.05, 0) is 42.3 Å². The summed E-state index contributed by atoms with van der Waals surface area (Å²) in [7, 11) is 3.06. The van der Waals surface area contributed by atoms with E-state index in [1.54, 1.807) is 31.4 Å². The van der Waals surface area contributed by atoms with Crippen LogP contribution in [-0.2, 0) is 6.54 Å². The summed E-state index contributed by atoms with van der Waals surface area (Å²) >= 11 is 0. The number of rotatable bonds is 5. The number of halogens is 1.